The summed E-state index contributed by atoms with van der Waals surface area (Å²) in [5.74, 6) is 0. The molecule has 0 spiro atoms. The zero-order chi connectivity index (χ0) is 4.99. The van der Waals surface area contributed by atoms with E-state index < -0.39 is 8.25 Å². The first-order valence-electron chi connectivity index (χ1n) is 1.63. The van der Waals surface area contributed by atoms with Gasteiger partial charge in [0.1, 0.15) is 0 Å². The molecule has 1 N–H and O–H groups in total. The molecule has 0 saturated heterocycles. The normalized spacial score (nSPS) is 9.56. The van der Waals surface area contributed by atoms with E-state index in [1.54, 1.807) is 6.92 Å². The van der Waals surface area contributed by atoms with Crippen molar-refractivity contribution in [2.24, 2.45) is 0 Å². The summed E-state index contributed by atoms with van der Waals surface area (Å²) in [5.41, 5.74) is 0. The van der Waals surface area contributed by atoms with Crippen molar-refractivity contribution in [1.82, 2.24) is 0 Å². The van der Waals surface area contributed by atoms with Crippen molar-refractivity contribution in [3.8, 4) is 0 Å². The summed E-state index contributed by atoms with van der Waals surface area (Å²) in [6.45, 7) is 1.98. The van der Waals surface area contributed by atoms with Crippen molar-refractivity contribution in [3.05, 3.63) is 0 Å². The van der Waals surface area contributed by atoms with Crippen LogP contribution in [-0.2, 0) is 9.09 Å². The van der Waals surface area contributed by atoms with Gasteiger partial charge in [0.05, 0.1) is 6.61 Å². The van der Waals surface area contributed by atoms with Crippen LogP contribution in [0.1, 0.15) is 6.92 Å². The Morgan fingerprint density at radius 1 is 1.44 bits per heavy atom. The van der Waals surface area contributed by atoms with Gasteiger partial charge in [0.25, 0.3) is 0 Å². The van der Waals surface area contributed by atoms with Gasteiger partial charge in [0, 0.05) is 0 Å². The Labute approximate surface area is 122 Å². The number of hydrogen-bond acceptors (Lipinski definition) is 2. The third-order valence-electron chi connectivity index (χ3n) is 0.268. The Morgan fingerprint density at radius 3 is 1.78 bits per heavy atom. The monoisotopic (exact) mass is 182 g/mol. The summed E-state index contributed by atoms with van der Waals surface area (Å²) >= 11 is 0. The van der Waals surface area contributed by atoms with Gasteiger partial charge in [-0.05, 0) is 6.92 Å². The van der Waals surface area contributed by atoms with E-state index in [1.165, 1.54) is 0 Å². The van der Waals surface area contributed by atoms with Gasteiger partial charge in [0.15, 0.2) is 0 Å². The van der Waals surface area contributed by atoms with Gasteiger partial charge in [-0.15, -0.1) is 0 Å². The molecule has 3 nitrogen and oxygen atoms in total. The van der Waals surface area contributed by atoms with Crippen molar-refractivity contribution in [2.75, 3.05) is 6.61 Å². The predicted octanol–water partition coefficient (Wildman–Crippen LogP) is -1.54. The van der Waals surface area contributed by atoms with Crippen LogP contribution >= 0.6 is 8.25 Å². The van der Waals surface area contributed by atoms with Crippen molar-refractivity contribution >= 4 is 96.9 Å². The third kappa shape index (κ3) is 24.7. The molecule has 0 aromatic rings. The van der Waals surface area contributed by atoms with E-state index in [0.29, 0.717) is 6.61 Å². The van der Waals surface area contributed by atoms with Crippen LogP contribution in [0.3, 0.4) is 0 Å². The second-order valence-electron chi connectivity index (χ2n) is 0.699. The van der Waals surface area contributed by atoms with Crippen LogP contribution < -0.4 is 0 Å². The molecule has 0 aliphatic carbocycles. The molecule has 9 heavy (non-hydrogen) atoms. The fourth-order valence-electron chi connectivity index (χ4n) is 0.123. The molecule has 0 aliphatic rings. The second kappa shape index (κ2) is 17.3. The van der Waals surface area contributed by atoms with E-state index in [2.05, 4.69) is 4.52 Å². The first-order chi connectivity index (χ1) is 2.77. The molecule has 0 aromatic heterocycles. The maximum atomic E-state index is 9.56. The van der Waals surface area contributed by atoms with E-state index in [1.807, 2.05) is 0 Å². The molecule has 0 bridgehead atoms. The Bertz CT molecular complexity index is 61.0. The summed E-state index contributed by atoms with van der Waals surface area (Å²) in [5, 5.41) is 0. The first kappa shape index (κ1) is 22.7. The van der Waals surface area contributed by atoms with E-state index >= 15 is 0 Å². The minimum absolute atomic E-state index is 0. The minimum atomic E-state index is -2.64. The molecular formula is C2H10Na3O3P. The summed E-state index contributed by atoms with van der Waals surface area (Å²) in [4.78, 5) is 7.88. The zero-order valence-electron chi connectivity index (χ0n) is 3.47. The van der Waals surface area contributed by atoms with Crippen LogP contribution in [0.2, 0.25) is 0 Å². The van der Waals surface area contributed by atoms with Gasteiger partial charge in [-0.2, -0.15) is 0 Å². The molecule has 44 valence electrons. The van der Waals surface area contributed by atoms with Gasteiger partial charge < -0.3 is 9.42 Å². The Kier molecular flexibility index (Phi) is 43.7. The van der Waals surface area contributed by atoms with Gasteiger partial charge in [-0.25, -0.2) is 0 Å². The van der Waals surface area contributed by atoms with Crippen LogP contribution in [-0.4, -0.2) is 100 Å². The molecule has 1 atom stereocenters. The molecule has 0 fully saturated rings. The van der Waals surface area contributed by atoms with Gasteiger partial charge in [-0.1, -0.05) is 0 Å². The van der Waals surface area contributed by atoms with Crippen LogP contribution in [0.25, 0.3) is 0 Å². The molecule has 0 aromatic carbocycles. The Morgan fingerprint density at radius 2 is 1.78 bits per heavy atom. The molecule has 0 aliphatic heterocycles. The molecule has 0 amide bonds. The van der Waals surface area contributed by atoms with Gasteiger partial charge >= 0.3 is 96.9 Å². The Balaban J connectivity index is -0.0000000417. The SMILES string of the molecule is CCO[PH](=O)O.[NaH].[NaH].[NaH]. The molecule has 0 radical (unpaired) electrons. The molecular weight excluding hydrogens is 172 g/mol. The average molecular weight is 182 g/mol. The molecule has 0 rings (SSSR count). The van der Waals surface area contributed by atoms with E-state index in [9.17, 15) is 4.57 Å². The fourth-order valence-corrected chi connectivity index (χ4v) is 0.370. The van der Waals surface area contributed by atoms with Gasteiger partial charge in [-0.3, -0.25) is 4.57 Å². The van der Waals surface area contributed by atoms with Gasteiger partial charge in [0.2, 0.25) is 0 Å². The van der Waals surface area contributed by atoms with E-state index in [0.717, 1.165) is 0 Å². The van der Waals surface area contributed by atoms with Crippen LogP contribution in [0, 0.1) is 0 Å². The van der Waals surface area contributed by atoms with E-state index in [4.69, 9.17) is 4.89 Å². The number of hydrogen-bond donors (Lipinski definition) is 1. The fraction of sp³-hybridized carbons (Fsp3) is 1.00. The topological polar surface area (TPSA) is 46.5 Å². The summed E-state index contributed by atoms with van der Waals surface area (Å²) in [6, 6.07) is 0. The molecule has 7 heteroatoms. The van der Waals surface area contributed by atoms with Crippen molar-refractivity contribution in [1.29, 1.82) is 0 Å². The second-order valence-corrected chi connectivity index (χ2v) is 1.52. The number of rotatable bonds is 2. The van der Waals surface area contributed by atoms with Crippen molar-refractivity contribution < 1.29 is 14.0 Å². The summed E-state index contributed by atoms with van der Waals surface area (Å²) in [7, 11) is -2.64. The van der Waals surface area contributed by atoms with Crippen LogP contribution in [0.5, 0.6) is 0 Å². The van der Waals surface area contributed by atoms with Crippen molar-refractivity contribution in [2.45, 2.75) is 6.92 Å². The van der Waals surface area contributed by atoms with Crippen LogP contribution in [0.4, 0.5) is 0 Å². The summed E-state index contributed by atoms with van der Waals surface area (Å²) in [6.07, 6.45) is 0. The average Bonchev–Trinajstić information content (AvgIpc) is 1.35. The van der Waals surface area contributed by atoms with Crippen LogP contribution in [0.15, 0.2) is 0 Å². The van der Waals surface area contributed by atoms with E-state index in [-0.39, 0.29) is 88.7 Å². The maximum absolute atomic E-state index is 9.56. The Hall–Kier alpha value is 3.15. The van der Waals surface area contributed by atoms with Crippen molar-refractivity contribution in [3.63, 3.8) is 0 Å². The predicted molar refractivity (Wildman–Crippen MR) is 44.3 cm³/mol. The third-order valence-corrected chi connectivity index (χ3v) is 0.803. The standard InChI is InChI=1S/C2H7O3P.3Na.3H/c1-2-5-6(3)4;;;;;;/h6H,2H2,1H3,(H,3,4);;;;;;. The first-order valence-corrected chi connectivity index (χ1v) is 2.89. The molecule has 0 saturated carbocycles. The molecule has 1 unspecified atom stereocenters. The zero-order valence-corrected chi connectivity index (χ0v) is 4.47. The quantitative estimate of drug-likeness (QED) is 0.415. The summed E-state index contributed by atoms with van der Waals surface area (Å²) < 4.78 is 13.7. The molecule has 0 heterocycles.